The van der Waals surface area contributed by atoms with Crippen molar-refractivity contribution < 1.29 is 0 Å². The largest absolute Gasteiger partial charge is 0.362 e. The van der Waals surface area contributed by atoms with Crippen LogP contribution >= 0.6 is 11.8 Å². The molecular formula is C13H24N2S. The molecule has 0 radical (unpaired) electrons. The lowest BCUT2D eigenvalue weighted by Gasteiger charge is -2.26. The first-order valence-corrected chi connectivity index (χ1v) is 7.70. The molecule has 0 aromatic carbocycles. The summed E-state index contributed by atoms with van der Waals surface area (Å²) in [6.07, 6.45) is 7.03. The molecule has 2 aliphatic rings. The van der Waals surface area contributed by atoms with Crippen molar-refractivity contribution >= 4 is 16.9 Å². The lowest BCUT2D eigenvalue weighted by Crippen LogP contribution is -2.24. The smallest absolute Gasteiger partial charge is 0.156 e. The fourth-order valence-corrected chi connectivity index (χ4v) is 3.57. The maximum absolute atomic E-state index is 4.72. The van der Waals surface area contributed by atoms with Gasteiger partial charge in [-0.3, -0.25) is 4.99 Å². The van der Waals surface area contributed by atoms with Crippen molar-refractivity contribution in [3.05, 3.63) is 0 Å². The molecule has 2 rings (SSSR count). The highest BCUT2D eigenvalue weighted by atomic mass is 32.2. The van der Waals surface area contributed by atoms with Crippen LogP contribution in [0.15, 0.2) is 4.99 Å². The van der Waals surface area contributed by atoms with Gasteiger partial charge < -0.3 is 5.32 Å². The van der Waals surface area contributed by atoms with Crippen LogP contribution in [-0.2, 0) is 0 Å². The van der Waals surface area contributed by atoms with E-state index in [-0.39, 0.29) is 0 Å². The fourth-order valence-electron chi connectivity index (χ4n) is 2.62. The Labute approximate surface area is 104 Å². The standard InChI is InChI=1S/C13H24N2S/c1-3-11-4-6-12(7-5-11)8-14-13-15-10(2)9-16-13/h10-12H,3-9H2,1-2H3,(H,14,15). The molecule has 0 spiro atoms. The number of hydrogen-bond acceptors (Lipinski definition) is 2. The molecule has 16 heavy (non-hydrogen) atoms. The molecular weight excluding hydrogens is 216 g/mol. The van der Waals surface area contributed by atoms with E-state index < -0.39 is 0 Å². The molecule has 1 unspecified atom stereocenters. The van der Waals surface area contributed by atoms with E-state index in [4.69, 9.17) is 4.99 Å². The molecule has 1 N–H and O–H groups in total. The highest BCUT2D eigenvalue weighted by Crippen LogP contribution is 2.30. The summed E-state index contributed by atoms with van der Waals surface area (Å²) in [5.74, 6) is 3.04. The number of aliphatic imine (C=N–C) groups is 1. The van der Waals surface area contributed by atoms with Crippen LogP contribution in [0, 0.1) is 11.8 Å². The van der Waals surface area contributed by atoms with Gasteiger partial charge in [-0.05, 0) is 31.6 Å². The molecule has 0 aromatic heterocycles. The zero-order valence-corrected chi connectivity index (χ0v) is 11.4. The minimum atomic E-state index is 0.611. The first-order valence-electron chi connectivity index (χ1n) is 6.71. The number of nitrogens with zero attached hydrogens (tertiary/aromatic N) is 1. The topological polar surface area (TPSA) is 24.4 Å². The average Bonchev–Trinajstić information content (AvgIpc) is 2.73. The predicted octanol–water partition coefficient (Wildman–Crippen LogP) is 3.28. The maximum Gasteiger partial charge on any atom is 0.156 e. The molecule has 2 fully saturated rings. The van der Waals surface area contributed by atoms with Gasteiger partial charge in [0.25, 0.3) is 0 Å². The van der Waals surface area contributed by atoms with Crippen LogP contribution in [0.5, 0.6) is 0 Å². The summed E-state index contributed by atoms with van der Waals surface area (Å²) < 4.78 is 0. The summed E-state index contributed by atoms with van der Waals surface area (Å²) in [7, 11) is 0. The van der Waals surface area contributed by atoms with E-state index in [2.05, 4.69) is 19.2 Å². The molecule has 0 bridgehead atoms. The zero-order valence-electron chi connectivity index (χ0n) is 10.5. The van der Waals surface area contributed by atoms with E-state index in [0.717, 1.165) is 18.4 Å². The Morgan fingerprint density at radius 2 is 1.94 bits per heavy atom. The Morgan fingerprint density at radius 3 is 2.50 bits per heavy atom. The maximum atomic E-state index is 4.72. The third-order valence-corrected chi connectivity index (χ3v) is 5.06. The Bertz CT molecular complexity index is 244. The molecule has 3 heteroatoms. The quantitative estimate of drug-likeness (QED) is 0.818. The van der Waals surface area contributed by atoms with Crippen LogP contribution < -0.4 is 5.32 Å². The van der Waals surface area contributed by atoms with Gasteiger partial charge in [0.1, 0.15) is 0 Å². The Balaban J connectivity index is 1.71. The number of amidine groups is 1. The van der Waals surface area contributed by atoms with Crippen LogP contribution in [-0.4, -0.2) is 23.5 Å². The first-order chi connectivity index (χ1) is 7.78. The molecule has 0 amide bonds. The second-order valence-corrected chi connectivity index (χ2v) is 6.31. The zero-order chi connectivity index (χ0) is 11.4. The van der Waals surface area contributed by atoms with Crippen LogP contribution in [0.2, 0.25) is 0 Å². The van der Waals surface area contributed by atoms with Gasteiger partial charge in [0.15, 0.2) is 5.17 Å². The first kappa shape index (κ1) is 12.3. The number of rotatable bonds is 3. The Morgan fingerprint density at radius 1 is 1.25 bits per heavy atom. The monoisotopic (exact) mass is 240 g/mol. The van der Waals surface area contributed by atoms with Gasteiger partial charge in [0.05, 0.1) is 0 Å². The fraction of sp³-hybridized carbons (Fsp3) is 0.923. The third-order valence-electron chi connectivity index (χ3n) is 3.88. The highest BCUT2D eigenvalue weighted by Gasteiger charge is 2.20. The lowest BCUT2D eigenvalue weighted by atomic mass is 9.81. The molecule has 1 heterocycles. The van der Waals surface area contributed by atoms with Gasteiger partial charge in [0, 0.05) is 18.3 Å². The summed E-state index contributed by atoms with van der Waals surface area (Å²) in [5, 5.41) is 4.61. The van der Waals surface area contributed by atoms with E-state index in [0.29, 0.717) is 6.04 Å². The van der Waals surface area contributed by atoms with Crippen molar-refractivity contribution in [2.45, 2.75) is 52.0 Å². The predicted molar refractivity (Wildman–Crippen MR) is 73.1 cm³/mol. The molecule has 1 saturated heterocycles. The van der Waals surface area contributed by atoms with Gasteiger partial charge >= 0.3 is 0 Å². The minimum Gasteiger partial charge on any atom is -0.362 e. The Kier molecular flexibility index (Phi) is 4.56. The van der Waals surface area contributed by atoms with Crippen LogP contribution in [0.4, 0.5) is 0 Å². The lowest BCUT2D eigenvalue weighted by molar-refractivity contribution is 0.275. The molecule has 2 nitrogen and oxygen atoms in total. The Hall–Kier alpha value is -0.180. The van der Waals surface area contributed by atoms with Crippen LogP contribution in [0.25, 0.3) is 0 Å². The summed E-state index contributed by atoms with van der Waals surface area (Å²) >= 11 is 1.88. The van der Waals surface area contributed by atoms with E-state index in [1.807, 2.05) is 11.8 Å². The molecule has 1 aliphatic carbocycles. The summed E-state index contributed by atoms with van der Waals surface area (Å²) in [6, 6.07) is 0.611. The van der Waals surface area contributed by atoms with Gasteiger partial charge in [-0.1, -0.05) is 37.9 Å². The van der Waals surface area contributed by atoms with Gasteiger partial charge in [0.2, 0.25) is 0 Å². The third kappa shape index (κ3) is 3.41. The highest BCUT2D eigenvalue weighted by molar-refractivity contribution is 8.14. The van der Waals surface area contributed by atoms with E-state index >= 15 is 0 Å². The van der Waals surface area contributed by atoms with Crippen LogP contribution in [0.3, 0.4) is 0 Å². The van der Waals surface area contributed by atoms with Crippen molar-refractivity contribution in [2.75, 3.05) is 12.3 Å². The molecule has 92 valence electrons. The van der Waals surface area contributed by atoms with Crippen molar-refractivity contribution in [1.82, 2.24) is 5.32 Å². The summed E-state index contributed by atoms with van der Waals surface area (Å²) in [6.45, 7) is 5.60. The number of hydrogen-bond donors (Lipinski definition) is 1. The van der Waals surface area contributed by atoms with Crippen molar-refractivity contribution in [2.24, 2.45) is 16.8 Å². The second kappa shape index (κ2) is 5.95. The SMILES string of the molecule is CCC1CCC(CN=C2NC(C)CS2)CC1. The van der Waals surface area contributed by atoms with Crippen molar-refractivity contribution in [3.8, 4) is 0 Å². The molecule has 1 saturated carbocycles. The normalized spacial score (nSPS) is 37.6. The van der Waals surface area contributed by atoms with Gasteiger partial charge in [-0.15, -0.1) is 0 Å². The average molecular weight is 240 g/mol. The molecule has 1 aliphatic heterocycles. The molecule has 1 atom stereocenters. The summed E-state index contributed by atoms with van der Waals surface area (Å²) in [5.41, 5.74) is 0. The van der Waals surface area contributed by atoms with E-state index in [1.54, 1.807) is 0 Å². The van der Waals surface area contributed by atoms with Gasteiger partial charge in [-0.2, -0.15) is 0 Å². The van der Waals surface area contributed by atoms with Crippen LogP contribution in [0.1, 0.15) is 46.0 Å². The summed E-state index contributed by atoms with van der Waals surface area (Å²) in [4.78, 5) is 4.72. The second-order valence-electron chi connectivity index (χ2n) is 5.30. The van der Waals surface area contributed by atoms with E-state index in [9.17, 15) is 0 Å². The van der Waals surface area contributed by atoms with Crippen molar-refractivity contribution in [3.63, 3.8) is 0 Å². The van der Waals surface area contributed by atoms with E-state index in [1.165, 1.54) is 43.0 Å². The number of thioether (sulfide) groups is 1. The van der Waals surface area contributed by atoms with Gasteiger partial charge in [-0.25, -0.2) is 0 Å². The van der Waals surface area contributed by atoms with Crippen molar-refractivity contribution in [1.29, 1.82) is 0 Å². The minimum absolute atomic E-state index is 0.611. The number of nitrogens with one attached hydrogen (secondary N) is 1. The molecule has 0 aromatic rings.